The van der Waals surface area contributed by atoms with E-state index in [0.717, 1.165) is 6.42 Å². The topological polar surface area (TPSA) is 80.8 Å². The van der Waals surface area contributed by atoms with Crippen molar-refractivity contribution in [1.82, 2.24) is 9.88 Å². The lowest BCUT2D eigenvalue weighted by atomic mass is 9.75. The monoisotopic (exact) mass is 428 g/mol. The maximum atomic E-state index is 13.9. The molecule has 2 N–H and O–H groups in total. The summed E-state index contributed by atoms with van der Waals surface area (Å²) in [5.74, 6) is 0.635. The van der Waals surface area contributed by atoms with Crippen LogP contribution in [-0.4, -0.2) is 34.4 Å². The number of nitrogens with zero attached hydrogens (tertiary/aromatic N) is 3. The first-order chi connectivity index (χ1) is 14.2. The van der Waals surface area contributed by atoms with E-state index < -0.39 is 17.0 Å². The van der Waals surface area contributed by atoms with Crippen LogP contribution in [0.3, 0.4) is 0 Å². The van der Waals surface area contributed by atoms with Crippen molar-refractivity contribution in [2.75, 3.05) is 7.05 Å². The van der Waals surface area contributed by atoms with Gasteiger partial charge in [0, 0.05) is 29.6 Å². The smallest absolute Gasteiger partial charge is 0.261 e. The highest BCUT2D eigenvalue weighted by Gasteiger charge is 2.57. The van der Waals surface area contributed by atoms with E-state index in [9.17, 15) is 9.18 Å². The molecule has 1 aromatic carbocycles. The number of hydrogen-bond acceptors (Lipinski definition) is 5. The number of ether oxygens (including phenoxy) is 1. The Bertz CT molecular complexity index is 1080. The van der Waals surface area contributed by atoms with Crippen LogP contribution in [-0.2, 0) is 10.3 Å². The normalized spacial score (nSPS) is 27.8. The van der Waals surface area contributed by atoms with Crippen molar-refractivity contribution in [3.63, 3.8) is 0 Å². The van der Waals surface area contributed by atoms with Gasteiger partial charge in [-0.05, 0) is 43.5 Å². The van der Waals surface area contributed by atoms with Crippen molar-refractivity contribution in [2.24, 2.45) is 16.6 Å². The van der Waals surface area contributed by atoms with Gasteiger partial charge in [0.25, 0.3) is 5.91 Å². The number of carbonyl (C=O) groups is 1. The predicted molar refractivity (Wildman–Crippen MR) is 112 cm³/mol. The van der Waals surface area contributed by atoms with E-state index in [1.165, 1.54) is 29.9 Å². The van der Waals surface area contributed by atoms with Crippen LogP contribution in [0.1, 0.15) is 38.2 Å². The van der Waals surface area contributed by atoms with E-state index in [1.54, 1.807) is 25.4 Å². The van der Waals surface area contributed by atoms with Gasteiger partial charge in [-0.15, -0.1) is 0 Å². The summed E-state index contributed by atoms with van der Waals surface area (Å²) in [4.78, 5) is 23.9. The number of benzene rings is 1. The SMILES string of the molecule is CN1C(=O)C2(CC(C)(CC3CC3)Oc3cnc(-c4cc(F)cc(Cl)c4)cc32)N=C1N. The highest BCUT2D eigenvalue weighted by molar-refractivity contribution is 6.30. The van der Waals surface area contributed by atoms with Gasteiger partial charge in [-0.25, -0.2) is 9.38 Å². The Morgan fingerprint density at radius 3 is 2.73 bits per heavy atom. The minimum absolute atomic E-state index is 0.175. The van der Waals surface area contributed by atoms with Crippen LogP contribution in [0.15, 0.2) is 35.5 Å². The average Bonchev–Trinajstić information content (AvgIpc) is 3.45. The maximum Gasteiger partial charge on any atom is 0.261 e. The summed E-state index contributed by atoms with van der Waals surface area (Å²) in [5, 5.41) is 0.270. The summed E-state index contributed by atoms with van der Waals surface area (Å²) in [5.41, 5.74) is 5.92. The molecular weight excluding hydrogens is 407 g/mol. The molecule has 5 rings (SSSR count). The van der Waals surface area contributed by atoms with E-state index in [-0.39, 0.29) is 16.9 Å². The number of pyridine rings is 1. The average molecular weight is 429 g/mol. The van der Waals surface area contributed by atoms with Gasteiger partial charge in [0.1, 0.15) is 17.2 Å². The molecular formula is C22H22ClFN4O2. The van der Waals surface area contributed by atoms with Crippen LogP contribution < -0.4 is 10.5 Å². The summed E-state index contributed by atoms with van der Waals surface area (Å²) in [7, 11) is 1.62. The van der Waals surface area contributed by atoms with Crippen LogP contribution in [0.25, 0.3) is 11.3 Å². The number of aliphatic imine (C=N–C) groups is 1. The van der Waals surface area contributed by atoms with Gasteiger partial charge in [-0.2, -0.15) is 0 Å². The predicted octanol–water partition coefficient (Wildman–Crippen LogP) is 3.86. The maximum absolute atomic E-state index is 13.9. The summed E-state index contributed by atoms with van der Waals surface area (Å²) >= 11 is 6.03. The van der Waals surface area contributed by atoms with Crippen LogP contribution in [0.5, 0.6) is 5.75 Å². The van der Waals surface area contributed by atoms with Gasteiger partial charge < -0.3 is 10.5 Å². The molecule has 2 atom stereocenters. The van der Waals surface area contributed by atoms with Gasteiger partial charge in [0.2, 0.25) is 0 Å². The zero-order chi connectivity index (χ0) is 21.3. The third-order valence-electron chi connectivity index (χ3n) is 6.18. The molecule has 1 amide bonds. The lowest BCUT2D eigenvalue weighted by molar-refractivity contribution is -0.134. The van der Waals surface area contributed by atoms with E-state index in [4.69, 9.17) is 22.1 Å². The fourth-order valence-corrected chi connectivity index (χ4v) is 4.90. The Morgan fingerprint density at radius 2 is 2.10 bits per heavy atom. The van der Waals surface area contributed by atoms with Crippen LogP contribution in [0.4, 0.5) is 4.39 Å². The molecule has 1 aliphatic carbocycles. The fraction of sp³-hybridized carbons (Fsp3) is 0.409. The van der Waals surface area contributed by atoms with E-state index in [1.807, 2.05) is 6.92 Å². The van der Waals surface area contributed by atoms with Crippen molar-refractivity contribution < 1.29 is 13.9 Å². The number of fused-ring (bicyclic) bond motifs is 2. The number of aromatic nitrogens is 1. The van der Waals surface area contributed by atoms with Gasteiger partial charge in [-0.3, -0.25) is 14.7 Å². The minimum atomic E-state index is -1.18. The molecule has 2 aliphatic heterocycles. The van der Waals surface area contributed by atoms with Crippen molar-refractivity contribution in [1.29, 1.82) is 0 Å². The van der Waals surface area contributed by atoms with E-state index in [2.05, 4.69) is 9.98 Å². The third-order valence-corrected chi connectivity index (χ3v) is 6.40. The Labute approximate surface area is 178 Å². The van der Waals surface area contributed by atoms with Crippen LogP contribution in [0.2, 0.25) is 5.02 Å². The lowest BCUT2D eigenvalue weighted by Gasteiger charge is -2.43. The quantitative estimate of drug-likeness (QED) is 0.804. The van der Waals surface area contributed by atoms with Crippen LogP contribution >= 0.6 is 11.6 Å². The molecule has 8 heteroatoms. The van der Waals surface area contributed by atoms with Gasteiger partial charge in [0.15, 0.2) is 11.5 Å². The van der Waals surface area contributed by atoms with Crippen LogP contribution in [0, 0.1) is 11.7 Å². The number of halogens is 2. The summed E-state index contributed by atoms with van der Waals surface area (Å²) in [6.07, 6.45) is 5.18. The Morgan fingerprint density at radius 1 is 1.33 bits per heavy atom. The standard InChI is InChI=1S/C22H22ClFN4O2/c1-21(9-12-3-4-12)11-22(19(29)28(2)20(25)27-22)16-8-17(26-10-18(16)30-21)13-5-14(23)7-15(24)6-13/h5-8,10,12H,3-4,9,11H2,1-2H3,(H2,25,27). The number of rotatable bonds is 3. The number of amides is 1. The highest BCUT2D eigenvalue weighted by Crippen LogP contribution is 2.52. The molecule has 3 heterocycles. The zero-order valence-electron chi connectivity index (χ0n) is 16.8. The minimum Gasteiger partial charge on any atom is -0.485 e. The van der Waals surface area contributed by atoms with Gasteiger partial charge in [-0.1, -0.05) is 24.4 Å². The first-order valence-electron chi connectivity index (χ1n) is 9.99. The molecule has 2 aromatic rings. The second-order valence-corrected chi connectivity index (χ2v) is 9.23. The molecule has 30 heavy (non-hydrogen) atoms. The van der Waals surface area contributed by atoms with Crippen molar-refractivity contribution in [3.05, 3.63) is 46.9 Å². The Balaban J connectivity index is 1.67. The van der Waals surface area contributed by atoms with Crippen molar-refractivity contribution in [2.45, 2.75) is 43.7 Å². The molecule has 1 aromatic heterocycles. The first kappa shape index (κ1) is 19.3. The van der Waals surface area contributed by atoms with E-state index >= 15 is 0 Å². The molecule has 0 saturated heterocycles. The molecule has 1 fully saturated rings. The molecule has 1 spiro atoms. The summed E-state index contributed by atoms with van der Waals surface area (Å²) in [6.45, 7) is 2.02. The molecule has 6 nitrogen and oxygen atoms in total. The second-order valence-electron chi connectivity index (χ2n) is 8.79. The zero-order valence-corrected chi connectivity index (χ0v) is 17.5. The Kier molecular flexibility index (Phi) is 4.13. The number of carbonyl (C=O) groups excluding carboxylic acids is 1. The summed E-state index contributed by atoms with van der Waals surface area (Å²) in [6, 6.07) is 5.96. The molecule has 156 valence electrons. The van der Waals surface area contributed by atoms with E-state index in [0.29, 0.717) is 34.9 Å². The number of guanidine groups is 1. The summed E-state index contributed by atoms with van der Waals surface area (Å²) < 4.78 is 20.3. The lowest BCUT2D eigenvalue weighted by Crippen LogP contribution is -2.50. The first-order valence-corrected chi connectivity index (χ1v) is 10.4. The third kappa shape index (κ3) is 3.03. The largest absolute Gasteiger partial charge is 0.485 e. The van der Waals surface area contributed by atoms with Gasteiger partial charge >= 0.3 is 0 Å². The van der Waals surface area contributed by atoms with Gasteiger partial charge in [0.05, 0.1) is 11.9 Å². The molecule has 2 unspecified atom stereocenters. The van der Waals surface area contributed by atoms with Crippen molar-refractivity contribution in [3.8, 4) is 17.0 Å². The van der Waals surface area contributed by atoms with Crippen molar-refractivity contribution >= 4 is 23.5 Å². The fourth-order valence-electron chi connectivity index (χ4n) is 4.68. The number of hydrogen-bond donors (Lipinski definition) is 1. The molecule has 0 bridgehead atoms. The number of likely N-dealkylation sites (N-methyl/N-ethyl adjacent to an activating group) is 1. The Hall–Kier alpha value is -2.67. The molecule has 3 aliphatic rings. The molecule has 1 saturated carbocycles. The highest BCUT2D eigenvalue weighted by atomic mass is 35.5. The second kappa shape index (κ2) is 6.41. The molecule has 0 radical (unpaired) electrons. The number of nitrogens with two attached hydrogens (primary N) is 1.